The van der Waals surface area contributed by atoms with Gasteiger partial charge < -0.3 is 0 Å². The lowest BCUT2D eigenvalue weighted by Gasteiger charge is -2.02. The fraction of sp³-hybridized carbons (Fsp3) is 0.250. The molecule has 0 aliphatic rings. The summed E-state index contributed by atoms with van der Waals surface area (Å²) in [6, 6.07) is 5.92. The highest BCUT2D eigenvalue weighted by molar-refractivity contribution is 7.91. The summed E-state index contributed by atoms with van der Waals surface area (Å²) in [6.45, 7) is 1.59. The lowest BCUT2D eigenvalue weighted by molar-refractivity contribution is 0.389. The van der Waals surface area contributed by atoms with Crippen LogP contribution in [0.2, 0.25) is 0 Å². The van der Waals surface area contributed by atoms with Crippen LogP contribution in [-0.2, 0) is 9.84 Å². The van der Waals surface area contributed by atoms with E-state index in [1.54, 1.807) is 6.92 Å². The summed E-state index contributed by atoms with van der Waals surface area (Å²) in [7, 11) is -3.13. The van der Waals surface area contributed by atoms with E-state index < -0.39 is 9.84 Å². The molecule has 5 heteroatoms. The normalized spacial score (nSPS) is 11.2. The molecule has 0 unspecified atom stereocenters. The molecule has 1 aromatic carbocycles. The molecule has 0 aliphatic heterocycles. The minimum absolute atomic E-state index is 0.0822. The van der Waals surface area contributed by atoms with Gasteiger partial charge in [-0.05, 0) is 24.3 Å². The average molecular weight is 201 g/mol. The molecule has 72 valence electrons. The van der Waals surface area contributed by atoms with Gasteiger partial charge in [-0.3, -0.25) is 10.7 Å². The lowest BCUT2D eigenvalue weighted by atomic mass is 10.3. The van der Waals surface area contributed by atoms with Gasteiger partial charge in [0.25, 0.3) is 0 Å². The fourth-order valence-corrected chi connectivity index (χ4v) is 1.79. The van der Waals surface area contributed by atoms with Crippen LogP contribution in [-0.4, -0.2) is 19.4 Å². The van der Waals surface area contributed by atoms with Crippen molar-refractivity contribution in [3.63, 3.8) is 0 Å². The molecule has 4 nitrogen and oxygen atoms in total. The van der Waals surface area contributed by atoms with Crippen molar-refractivity contribution in [3.05, 3.63) is 24.3 Å². The number of hydrogen-bond donors (Lipinski definition) is 2. The molecule has 0 spiro atoms. The monoisotopic (exact) mass is 201 g/mol. The second-order valence-corrected chi connectivity index (χ2v) is 4.82. The van der Waals surface area contributed by atoms with Crippen LogP contribution in [0.5, 0.6) is 0 Å². The maximum atomic E-state index is 11.3. The second-order valence-electron chi connectivity index (χ2n) is 2.54. The van der Waals surface area contributed by atoms with E-state index in [0.29, 0.717) is 5.69 Å². The van der Waals surface area contributed by atoms with Crippen molar-refractivity contribution in [3.8, 4) is 0 Å². The van der Waals surface area contributed by atoms with E-state index in [2.05, 4.69) is 0 Å². The minimum atomic E-state index is -3.13. The Balaban J connectivity index is 3.06. The van der Waals surface area contributed by atoms with Gasteiger partial charge in [-0.15, -0.1) is 0 Å². The third kappa shape index (κ3) is 2.19. The van der Waals surface area contributed by atoms with E-state index in [4.69, 9.17) is 5.21 Å². The molecule has 0 saturated heterocycles. The van der Waals surface area contributed by atoms with Crippen molar-refractivity contribution < 1.29 is 13.6 Å². The lowest BCUT2D eigenvalue weighted by Crippen LogP contribution is -2.03. The zero-order valence-corrected chi connectivity index (χ0v) is 8.00. The second kappa shape index (κ2) is 3.76. The summed E-state index contributed by atoms with van der Waals surface area (Å²) in [5, 5.41) is 8.49. The van der Waals surface area contributed by atoms with E-state index in [1.165, 1.54) is 24.3 Å². The van der Waals surface area contributed by atoms with Crippen LogP contribution >= 0.6 is 0 Å². The maximum Gasteiger partial charge on any atom is 0.178 e. The zero-order chi connectivity index (χ0) is 9.90. The van der Waals surface area contributed by atoms with E-state index in [9.17, 15) is 8.42 Å². The van der Waals surface area contributed by atoms with Crippen LogP contribution in [0.3, 0.4) is 0 Å². The van der Waals surface area contributed by atoms with Crippen LogP contribution in [0.4, 0.5) is 5.69 Å². The summed E-state index contributed by atoms with van der Waals surface area (Å²) in [5.41, 5.74) is 2.40. The number of rotatable bonds is 3. The molecule has 0 atom stereocenters. The van der Waals surface area contributed by atoms with E-state index >= 15 is 0 Å². The molecule has 1 rings (SSSR count). The van der Waals surface area contributed by atoms with Crippen molar-refractivity contribution in [1.82, 2.24) is 0 Å². The first-order valence-electron chi connectivity index (χ1n) is 3.83. The first-order chi connectivity index (χ1) is 6.10. The van der Waals surface area contributed by atoms with E-state index in [1.807, 2.05) is 5.48 Å². The highest BCUT2D eigenvalue weighted by Crippen LogP contribution is 2.14. The Morgan fingerprint density at radius 1 is 1.31 bits per heavy atom. The van der Waals surface area contributed by atoms with E-state index in [0.717, 1.165) is 0 Å². The Kier molecular flexibility index (Phi) is 2.90. The van der Waals surface area contributed by atoms with Crippen LogP contribution in [0.1, 0.15) is 6.92 Å². The SMILES string of the molecule is CCS(=O)(=O)c1ccc(NO)cc1. The highest BCUT2D eigenvalue weighted by Gasteiger charge is 2.10. The Hall–Kier alpha value is -1.07. The molecular weight excluding hydrogens is 190 g/mol. The molecule has 0 amide bonds. The Morgan fingerprint density at radius 2 is 1.85 bits per heavy atom. The van der Waals surface area contributed by atoms with Crippen molar-refractivity contribution in [1.29, 1.82) is 0 Å². The smallest absolute Gasteiger partial charge is 0.178 e. The number of nitrogens with one attached hydrogen (secondary N) is 1. The molecular formula is C8H11NO3S. The Labute approximate surface area is 77.1 Å². The van der Waals surface area contributed by atoms with Gasteiger partial charge in [-0.25, -0.2) is 8.42 Å². The number of sulfone groups is 1. The Morgan fingerprint density at radius 3 is 2.23 bits per heavy atom. The van der Waals surface area contributed by atoms with Crippen molar-refractivity contribution in [2.75, 3.05) is 11.2 Å². The summed E-state index contributed by atoms with van der Waals surface area (Å²) in [5.74, 6) is 0.0822. The molecule has 0 fully saturated rings. The number of hydrogen-bond acceptors (Lipinski definition) is 4. The molecule has 0 bridgehead atoms. The van der Waals surface area contributed by atoms with Crippen LogP contribution in [0.15, 0.2) is 29.2 Å². The van der Waals surface area contributed by atoms with Gasteiger partial charge in [0.15, 0.2) is 9.84 Å². The zero-order valence-electron chi connectivity index (χ0n) is 7.19. The number of benzene rings is 1. The molecule has 13 heavy (non-hydrogen) atoms. The standard InChI is InChI=1S/C8H11NO3S/c1-2-13(11,12)8-5-3-7(9-10)4-6-8/h3-6,9-10H,2H2,1H3. The summed E-state index contributed by atoms with van der Waals surface area (Å²) >= 11 is 0. The van der Waals surface area contributed by atoms with Gasteiger partial charge in [0.1, 0.15) is 0 Å². The molecule has 1 aromatic rings. The highest BCUT2D eigenvalue weighted by atomic mass is 32.2. The van der Waals surface area contributed by atoms with Crippen molar-refractivity contribution in [2.45, 2.75) is 11.8 Å². The molecule has 0 radical (unpaired) electrons. The molecule has 2 N–H and O–H groups in total. The Bertz CT molecular complexity index is 369. The fourth-order valence-electron chi connectivity index (χ4n) is 0.903. The third-order valence-electron chi connectivity index (χ3n) is 1.72. The van der Waals surface area contributed by atoms with Gasteiger partial charge in [0, 0.05) is 0 Å². The molecule has 0 aromatic heterocycles. The van der Waals surface area contributed by atoms with Gasteiger partial charge >= 0.3 is 0 Å². The summed E-state index contributed by atoms with van der Waals surface area (Å²) in [4.78, 5) is 0.272. The largest absolute Gasteiger partial charge is 0.291 e. The summed E-state index contributed by atoms with van der Waals surface area (Å²) < 4.78 is 22.6. The molecule has 0 saturated carbocycles. The van der Waals surface area contributed by atoms with Crippen LogP contribution in [0, 0.1) is 0 Å². The first-order valence-corrected chi connectivity index (χ1v) is 5.48. The molecule has 0 heterocycles. The third-order valence-corrected chi connectivity index (χ3v) is 3.47. The van der Waals surface area contributed by atoms with Gasteiger partial charge in [0.2, 0.25) is 0 Å². The first kappa shape index (κ1) is 10.0. The topological polar surface area (TPSA) is 66.4 Å². The predicted molar refractivity (Wildman–Crippen MR) is 49.6 cm³/mol. The van der Waals surface area contributed by atoms with Crippen LogP contribution in [0.25, 0.3) is 0 Å². The minimum Gasteiger partial charge on any atom is -0.291 e. The van der Waals surface area contributed by atoms with Gasteiger partial charge in [-0.2, -0.15) is 0 Å². The number of anilines is 1. The van der Waals surface area contributed by atoms with E-state index in [-0.39, 0.29) is 10.6 Å². The summed E-state index contributed by atoms with van der Waals surface area (Å²) in [6.07, 6.45) is 0. The van der Waals surface area contributed by atoms with Gasteiger partial charge in [-0.1, -0.05) is 6.92 Å². The maximum absolute atomic E-state index is 11.3. The van der Waals surface area contributed by atoms with Crippen molar-refractivity contribution >= 4 is 15.5 Å². The molecule has 0 aliphatic carbocycles. The van der Waals surface area contributed by atoms with Gasteiger partial charge in [0.05, 0.1) is 16.3 Å². The van der Waals surface area contributed by atoms with Crippen LogP contribution < -0.4 is 5.48 Å². The quantitative estimate of drug-likeness (QED) is 0.723. The predicted octanol–water partition coefficient (Wildman–Crippen LogP) is 1.28. The average Bonchev–Trinajstić information content (AvgIpc) is 2.18. The van der Waals surface area contributed by atoms with Crippen molar-refractivity contribution in [2.24, 2.45) is 0 Å².